The van der Waals surface area contributed by atoms with E-state index in [1.165, 1.54) is 0 Å². The summed E-state index contributed by atoms with van der Waals surface area (Å²) in [5, 5.41) is 10.1. The molecule has 0 aliphatic rings. The predicted octanol–water partition coefficient (Wildman–Crippen LogP) is 5.27. The van der Waals surface area contributed by atoms with E-state index in [4.69, 9.17) is 31.3 Å². The highest BCUT2D eigenvalue weighted by Crippen LogP contribution is 2.33. The highest BCUT2D eigenvalue weighted by molar-refractivity contribution is 6.32. The molecule has 0 saturated heterocycles. The Morgan fingerprint density at radius 2 is 1.25 bits per heavy atom. The first-order chi connectivity index (χ1) is 13.7. The van der Waals surface area contributed by atoms with Crippen molar-refractivity contribution in [2.24, 2.45) is 0 Å². The summed E-state index contributed by atoms with van der Waals surface area (Å²) in [5.41, 5.74) is 3.97. The number of nitrogens with zero attached hydrogens (tertiary/aromatic N) is 3. The zero-order chi connectivity index (χ0) is 19.5. The topological polar surface area (TPSA) is 49.2 Å². The van der Waals surface area contributed by atoms with E-state index >= 15 is 0 Å². The second-order valence-electron chi connectivity index (χ2n) is 6.10. The Kier molecular flexibility index (Phi) is 5.00. The van der Waals surface area contributed by atoms with Gasteiger partial charge in [0.05, 0.1) is 19.2 Å². The monoisotopic (exact) mass is 391 g/mol. The quantitative estimate of drug-likeness (QED) is 0.465. The van der Waals surface area contributed by atoms with E-state index in [9.17, 15) is 0 Å². The molecule has 1 heterocycles. The van der Waals surface area contributed by atoms with Gasteiger partial charge < -0.3 is 9.47 Å². The Hall–Kier alpha value is -3.31. The van der Waals surface area contributed by atoms with E-state index in [0.717, 1.165) is 34.0 Å². The zero-order valence-electron chi connectivity index (χ0n) is 15.5. The molecule has 3 aromatic carbocycles. The molecule has 0 amide bonds. The molecular weight excluding hydrogens is 374 g/mol. The third-order valence-electron chi connectivity index (χ3n) is 4.37. The minimum absolute atomic E-state index is 0.576. The van der Waals surface area contributed by atoms with Crippen LogP contribution in [0.4, 0.5) is 0 Å². The fourth-order valence-electron chi connectivity index (χ4n) is 2.96. The Balaban J connectivity index is 1.93. The molecule has 0 fully saturated rings. The Morgan fingerprint density at radius 1 is 0.714 bits per heavy atom. The SMILES string of the molecule is COc1cccc(-c2nn(-c3ccccc3Cl)nc2-c2cccc(OC)c2)c1. The molecular formula is C22H18ClN3O2. The molecule has 6 heteroatoms. The highest BCUT2D eigenvalue weighted by Gasteiger charge is 2.18. The number of halogens is 1. The number of benzene rings is 3. The maximum atomic E-state index is 6.37. The summed E-state index contributed by atoms with van der Waals surface area (Å²) in [4.78, 5) is 1.56. The Labute approximate surface area is 168 Å². The van der Waals surface area contributed by atoms with Crippen molar-refractivity contribution in [2.45, 2.75) is 0 Å². The van der Waals surface area contributed by atoms with Gasteiger partial charge in [0, 0.05) is 11.1 Å². The van der Waals surface area contributed by atoms with Gasteiger partial charge in [0.15, 0.2) is 0 Å². The van der Waals surface area contributed by atoms with Crippen molar-refractivity contribution in [3.8, 4) is 39.7 Å². The molecule has 4 rings (SSSR count). The zero-order valence-corrected chi connectivity index (χ0v) is 16.2. The summed E-state index contributed by atoms with van der Waals surface area (Å²) < 4.78 is 10.7. The standard InChI is InChI=1S/C22H18ClN3O2/c1-27-17-9-5-7-15(13-17)21-22(16-8-6-10-18(14-16)28-2)25-26(24-21)20-12-4-3-11-19(20)23/h3-14H,1-2H3. The molecule has 0 aliphatic heterocycles. The molecule has 0 saturated carbocycles. The molecule has 0 spiro atoms. The van der Waals surface area contributed by atoms with Gasteiger partial charge >= 0.3 is 0 Å². The summed E-state index contributed by atoms with van der Waals surface area (Å²) in [6, 6.07) is 23.0. The molecule has 28 heavy (non-hydrogen) atoms. The van der Waals surface area contributed by atoms with Crippen LogP contribution in [-0.4, -0.2) is 29.2 Å². The third kappa shape index (κ3) is 3.44. The minimum Gasteiger partial charge on any atom is -0.497 e. The lowest BCUT2D eigenvalue weighted by atomic mass is 10.0. The number of hydrogen-bond acceptors (Lipinski definition) is 4. The summed E-state index contributed by atoms with van der Waals surface area (Å²) in [5.74, 6) is 1.50. The maximum absolute atomic E-state index is 6.37. The van der Waals surface area contributed by atoms with Gasteiger partial charge in [-0.25, -0.2) is 0 Å². The van der Waals surface area contributed by atoms with Crippen molar-refractivity contribution in [2.75, 3.05) is 14.2 Å². The van der Waals surface area contributed by atoms with E-state index < -0.39 is 0 Å². The fourth-order valence-corrected chi connectivity index (χ4v) is 3.17. The first-order valence-corrected chi connectivity index (χ1v) is 9.08. The van der Waals surface area contributed by atoms with E-state index in [2.05, 4.69) is 0 Å². The second kappa shape index (κ2) is 7.74. The lowest BCUT2D eigenvalue weighted by Crippen LogP contribution is -1.99. The summed E-state index contributed by atoms with van der Waals surface area (Å²) in [6.07, 6.45) is 0. The molecule has 1 aromatic heterocycles. The highest BCUT2D eigenvalue weighted by atomic mass is 35.5. The smallest absolute Gasteiger partial charge is 0.121 e. The van der Waals surface area contributed by atoms with Gasteiger partial charge in [-0.2, -0.15) is 0 Å². The molecule has 0 atom stereocenters. The maximum Gasteiger partial charge on any atom is 0.121 e. The number of hydrogen-bond donors (Lipinski definition) is 0. The van der Waals surface area contributed by atoms with Gasteiger partial charge in [-0.05, 0) is 36.4 Å². The largest absolute Gasteiger partial charge is 0.497 e. The fraction of sp³-hybridized carbons (Fsp3) is 0.0909. The summed E-state index contributed by atoms with van der Waals surface area (Å²) >= 11 is 6.37. The van der Waals surface area contributed by atoms with Crippen molar-refractivity contribution in [1.29, 1.82) is 0 Å². The Bertz CT molecular complexity index is 1060. The van der Waals surface area contributed by atoms with Gasteiger partial charge in [0.1, 0.15) is 28.6 Å². The van der Waals surface area contributed by atoms with E-state index in [1.807, 2.05) is 72.8 Å². The Morgan fingerprint density at radius 3 is 1.75 bits per heavy atom. The first-order valence-electron chi connectivity index (χ1n) is 8.70. The van der Waals surface area contributed by atoms with Gasteiger partial charge in [-0.1, -0.05) is 48.0 Å². The van der Waals surface area contributed by atoms with Crippen LogP contribution >= 0.6 is 11.6 Å². The number of rotatable bonds is 5. The van der Waals surface area contributed by atoms with Crippen molar-refractivity contribution in [3.05, 3.63) is 77.8 Å². The average Bonchev–Trinajstić information content (AvgIpc) is 3.19. The van der Waals surface area contributed by atoms with Crippen molar-refractivity contribution in [3.63, 3.8) is 0 Å². The van der Waals surface area contributed by atoms with Crippen LogP contribution in [0.25, 0.3) is 28.2 Å². The molecule has 0 unspecified atom stereocenters. The number of para-hydroxylation sites is 1. The van der Waals surface area contributed by atoms with Crippen LogP contribution in [0.3, 0.4) is 0 Å². The number of methoxy groups -OCH3 is 2. The molecule has 140 valence electrons. The summed E-state index contributed by atoms with van der Waals surface area (Å²) in [7, 11) is 3.28. The molecule has 0 bridgehead atoms. The van der Waals surface area contributed by atoms with Gasteiger partial charge in [-0.15, -0.1) is 15.0 Å². The molecule has 5 nitrogen and oxygen atoms in total. The van der Waals surface area contributed by atoms with E-state index in [0.29, 0.717) is 10.7 Å². The first kappa shape index (κ1) is 18.1. The van der Waals surface area contributed by atoms with Crippen LogP contribution in [0.15, 0.2) is 72.8 Å². The predicted molar refractivity (Wildman–Crippen MR) is 110 cm³/mol. The van der Waals surface area contributed by atoms with Crippen LogP contribution in [0.2, 0.25) is 5.02 Å². The number of ether oxygens (including phenoxy) is 2. The molecule has 0 N–H and O–H groups in total. The van der Waals surface area contributed by atoms with Crippen LogP contribution in [0.1, 0.15) is 0 Å². The summed E-state index contributed by atoms with van der Waals surface area (Å²) in [6.45, 7) is 0. The average molecular weight is 392 g/mol. The minimum atomic E-state index is 0.576. The normalized spacial score (nSPS) is 10.7. The van der Waals surface area contributed by atoms with Crippen LogP contribution in [0, 0.1) is 0 Å². The van der Waals surface area contributed by atoms with Crippen molar-refractivity contribution >= 4 is 11.6 Å². The van der Waals surface area contributed by atoms with Crippen molar-refractivity contribution in [1.82, 2.24) is 15.0 Å². The lowest BCUT2D eigenvalue weighted by Gasteiger charge is -2.05. The van der Waals surface area contributed by atoms with Crippen LogP contribution in [-0.2, 0) is 0 Å². The van der Waals surface area contributed by atoms with Crippen LogP contribution < -0.4 is 9.47 Å². The molecule has 0 radical (unpaired) electrons. The van der Waals surface area contributed by atoms with E-state index in [1.54, 1.807) is 19.0 Å². The number of aromatic nitrogens is 3. The van der Waals surface area contributed by atoms with Crippen molar-refractivity contribution < 1.29 is 9.47 Å². The van der Waals surface area contributed by atoms with E-state index in [-0.39, 0.29) is 0 Å². The molecule has 0 aliphatic carbocycles. The van der Waals surface area contributed by atoms with Gasteiger partial charge in [0.25, 0.3) is 0 Å². The third-order valence-corrected chi connectivity index (χ3v) is 4.69. The molecule has 4 aromatic rings. The van der Waals surface area contributed by atoms with Gasteiger partial charge in [0.2, 0.25) is 0 Å². The van der Waals surface area contributed by atoms with Crippen LogP contribution in [0.5, 0.6) is 11.5 Å². The van der Waals surface area contributed by atoms with Gasteiger partial charge in [-0.3, -0.25) is 0 Å². The second-order valence-corrected chi connectivity index (χ2v) is 6.51. The lowest BCUT2D eigenvalue weighted by molar-refractivity contribution is 0.415.